The molecule has 8 nitrogen and oxygen atoms in total. The number of carbonyl (C=O) groups is 1. The first-order chi connectivity index (χ1) is 14.6. The Labute approximate surface area is 174 Å². The van der Waals surface area contributed by atoms with E-state index in [0.29, 0.717) is 42.6 Å². The lowest BCUT2D eigenvalue weighted by atomic mass is 9.77. The number of H-pyrrole nitrogens is 1. The summed E-state index contributed by atoms with van der Waals surface area (Å²) in [5.41, 5.74) is 2.12. The molecule has 1 aromatic carbocycles. The molecule has 2 N–H and O–H groups in total. The first-order valence-electron chi connectivity index (χ1n) is 10.3. The fourth-order valence-corrected chi connectivity index (χ4v) is 4.95. The zero-order valence-electron chi connectivity index (χ0n) is 16.8. The highest BCUT2D eigenvalue weighted by Crippen LogP contribution is 2.41. The number of benzene rings is 1. The van der Waals surface area contributed by atoms with E-state index in [-0.39, 0.29) is 11.9 Å². The smallest absolute Gasteiger partial charge is 0.257 e. The van der Waals surface area contributed by atoms with Crippen LogP contribution in [0.3, 0.4) is 0 Å². The first kappa shape index (κ1) is 18.9. The molecular weight excluding hydrogens is 382 g/mol. The van der Waals surface area contributed by atoms with Gasteiger partial charge in [0.2, 0.25) is 0 Å². The van der Waals surface area contributed by atoms with Gasteiger partial charge in [-0.1, -0.05) is 12.1 Å². The van der Waals surface area contributed by atoms with Crippen LogP contribution >= 0.6 is 0 Å². The number of likely N-dealkylation sites (tertiary alicyclic amines) is 1. The van der Waals surface area contributed by atoms with Crippen molar-refractivity contribution in [2.75, 3.05) is 20.2 Å². The summed E-state index contributed by atoms with van der Waals surface area (Å²) in [5, 5.41) is 22.1. The molecule has 1 aliphatic heterocycles. The third-order valence-corrected chi connectivity index (χ3v) is 6.49. The largest absolute Gasteiger partial charge is 0.497 e. The van der Waals surface area contributed by atoms with Gasteiger partial charge < -0.3 is 14.7 Å². The van der Waals surface area contributed by atoms with E-state index in [1.165, 1.54) is 0 Å². The van der Waals surface area contributed by atoms with Gasteiger partial charge in [0.25, 0.3) is 5.91 Å². The van der Waals surface area contributed by atoms with Gasteiger partial charge in [0.15, 0.2) is 0 Å². The summed E-state index contributed by atoms with van der Waals surface area (Å²) in [6.07, 6.45) is 6.31. The fourth-order valence-electron chi connectivity index (χ4n) is 4.95. The van der Waals surface area contributed by atoms with Gasteiger partial charge in [-0.2, -0.15) is 10.2 Å². The Morgan fingerprint density at radius 1 is 1.23 bits per heavy atom. The predicted molar refractivity (Wildman–Crippen MR) is 110 cm³/mol. The second kappa shape index (κ2) is 7.60. The number of amides is 1. The van der Waals surface area contributed by atoms with Crippen molar-refractivity contribution in [2.45, 2.75) is 25.0 Å². The zero-order chi connectivity index (χ0) is 20.7. The summed E-state index contributed by atoms with van der Waals surface area (Å²) < 4.78 is 7.16. The molecule has 2 aliphatic rings. The summed E-state index contributed by atoms with van der Waals surface area (Å²) in [6, 6.07) is 9.43. The molecule has 0 bridgehead atoms. The lowest BCUT2D eigenvalue weighted by Gasteiger charge is -2.35. The highest BCUT2D eigenvalue weighted by Gasteiger charge is 2.44. The SMILES string of the molecule is COc1cccc(-c2[nH]ncc2C(=O)N2C[C@H]3C[C@@H](n4cccn4)[C@H](O)C[C@H]3C2)c1. The van der Waals surface area contributed by atoms with Crippen LogP contribution in [0.15, 0.2) is 48.9 Å². The van der Waals surface area contributed by atoms with Gasteiger partial charge in [-0.05, 0) is 42.9 Å². The Morgan fingerprint density at radius 3 is 2.83 bits per heavy atom. The maximum absolute atomic E-state index is 13.3. The van der Waals surface area contributed by atoms with Crippen LogP contribution in [0, 0.1) is 11.8 Å². The monoisotopic (exact) mass is 407 g/mol. The number of nitrogens with one attached hydrogen (secondary N) is 1. The molecule has 8 heteroatoms. The van der Waals surface area contributed by atoms with Gasteiger partial charge in [0.05, 0.1) is 36.7 Å². The molecule has 4 atom stereocenters. The number of fused-ring (bicyclic) bond motifs is 1. The highest BCUT2D eigenvalue weighted by molar-refractivity contribution is 6.00. The van der Waals surface area contributed by atoms with E-state index in [0.717, 1.165) is 17.7 Å². The van der Waals surface area contributed by atoms with Gasteiger partial charge in [-0.15, -0.1) is 0 Å². The van der Waals surface area contributed by atoms with E-state index >= 15 is 0 Å². The maximum atomic E-state index is 13.3. The van der Waals surface area contributed by atoms with Crippen molar-refractivity contribution in [1.29, 1.82) is 0 Å². The molecule has 1 amide bonds. The Balaban J connectivity index is 1.35. The number of methoxy groups -OCH3 is 1. The molecule has 1 aliphatic carbocycles. The molecule has 2 fully saturated rings. The van der Waals surface area contributed by atoms with Crippen LogP contribution in [0.1, 0.15) is 29.2 Å². The molecule has 1 saturated heterocycles. The first-order valence-corrected chi connectivity index (χ1v) is 10.3. The van der Waals surface area contributed by atoms with Crippen molar-refractivity contribution >= 4 is 5.91 Å². The molecule has 0 unspecified atom stereocenters. The Hall–Kier alpha value is -3.13. The summed E-state index contributed by atoms with van der Waals surface area (Å²) in [7, 11) is 1.62. The van der Waals surface area contributed by atoms with Crippen molar-refractivity contribution in [3.8, 4) is 17.0 Å². The molecule has 2 aromatic heterocycles. The van der Waals surface area contributed by atoms with Gasteiger partial charge in [-0.25, -0.2) is 0 Å². The Morgan fingerprint density at radius 2 is 2.07 bits per heavy atom. The van der Waals surface area contributed by atoms with Crippen LogP contribution in [0.2, 0.25) is 0 Å². The van der Waals surface area contributed by atoms with Crippen LogP contribution in [-0.4, -0.2) is 62.2 Å². The Kier molecular flexibility index (Phi) is 4.78. The van der Waals surface area contributed by atoms with Crippen LogP contribution in [0.25, 0.3) is 11.3 Å². The minimum absolute atomic E-state index is 0.0268. The second-order valence-electron chi connectivity index (χ2n) is 8.21. The van der Waals surface area contributed by atoms with E-state index in [2.05, 4.69) is 15.3 Å². The zero-order valence-corrected chi connectivity index (χ0v) is 16.8. The number of rotatable bonds is 4. The van der Waals surface area contributed by atoms with Crippen molar-refractivity contribution in [2.24, 2.45) is 11.8 Å². The quantitative estimate of drug-likeness (QED) is 0.692. The number of hydrogen-bond acceptors (Lipinski definition) is 5. The minimum atomic E-state index is -0.442. The number of carbonyl (C=O) groups excluding carboxylic acids is 1. The molecular formula is C22H25N5O3. The average molecular weight is 407 g/mol. The van der Waals surface area contributed by atoms with Crippen molar-refractivity contribution < 1.29 is 14.6 Å². The van der Waals surface area contributed by atoms with Crippen LogP contribution in [-0.2, 0) is 0 Å². The lowest BCUT2D eigenvalue weighted by Crippen LogP contribution is -2.36. The predicted octanol–water partition coefficient (Wildman–Crippen LogP) is 2.37. The van der Waals surface area contributed by atoms with Crippen LogP contribution < -0.4 is 4.74 Å². The number of aliphatic hydroxyl groups excluding tert-OH is 1. The molecule has 0 spiro atoms. The lowest BCUT2D eigenvalue weighted by molar-refractivity contribution is 0.0306. The normalized spacial score (nSPS) is 25.9. The molecule has 0 radical (unpaired) electrons. The van der Waals surface area contributed by atoms with Gasteiger partial charge >= 0.3 is 0 Å². The maximum Gasteiger partial charge on any atom is 0.257 e. The van der Waals surface area contributed by atoms with Crippen molar-refractivity contribution in [3.05, 3.63) is 54.5 Å². The molecule has 1 saturated carbocycles. The van der Waals surface area contributed by atoms with Crippen LogP contribution in [0.4, 0.5) is 0 Å². The third-order valence-electron chi connectivity index (χ3n) is 6.49. The van der Waals surface area contributed by atoms with E-state index in [1.54, 1.807) is 19.5 Å². The molecule has 156 valence electrons. The molecule has 3 heterocycles. The van der Waals surface area contributed by atoms with E-state index in [1.807, 2.05) is 46.1 Å². The third kappa shape index (κ3) is 3.27. The van der Waals surface area contributed by atoms with E-state index in [4.69, 9.17) is 4.74 Å². The van der Waals surface area contributed by atoms with E-state index in [9.17, 15) is 9.90 Å². The molecule has 5 rings (SSSR count). The van der Waals surface area contributed by atoms with E-state index < -0.39 is 6.10 Å². The molecule has 3 aromatic rings. The van der Waals surface area contributed by atoms with Gasteiger partial charge in [-0.3, -0.25) is 14.6 Å². The topological polar surface area (TPSA) is 96.3 Å². The van der Waals surface area contributed by atoms with Crippen molar-refractivity contribution in [3.63, 3.8) is 0 Å². The van der Waals surface area contributed by atoms with Crippen molar-refractivity contribution in [1.82, 2.24) is 24.9 Å². The number of hydrogen-bond donors (Lipinski definition) is 2. The number of ether oxygens (including phenoxy) is 1. The Bertz CT molecular complexity index is 1030. The summed E-state index contributed by atoms with van der Waals surface area (Å²) in [5.74, 6) is 1.37. The standard InChI is InChI=1S/C22H25N5O3/c1-30-17-5-2-4-14(8-17)21-18(11-23-25-21)22(29)26-12-15-9-19(27-7-3-6-24-27)20(28)10-16(15)13-26/h2-8,11,15-16,19-20,28H,9-10,12-13H2,1H3,(H,23,25)/t15-,16+,19-,20-/m1/s1. The average Bonchev–Trinajstić information content (AvgIpc) is 3.52. The molecule has 30 heavy (non-hydrogen) atoms. The van der Waals surface area contributed by atoms with Crippen LogP contribution in [0.5, 0.6) is 5.75 Å². The summed E-state index contributed by atoms with van der Waals surface area (Å²) in [6.45, 7) is 1.35. The summed E-state index contributed by atoms with van der Waals surface area (Å²) in [4.78, 5) is 15.3. The fraction of sp³-hybridized carbons (Fsp3) is 0.409. The second-order valence-corrected chi connectivity index (χ2v) is 8.21. The highest BCUT2D eigenvalue weighted by atomic mass is 16.5. The minimum Gasteiger partial charge on any atom is -0.497 e. The summed E-state index contributed by atoms with van der Waals surface area (Å²) >= 11 is 0. The van der Waals surface area contributed by atoms with Gasteiger partial charge in [0.1, 0.15) is 5.75 Å². The van der Waals surface area contributed by atoms with Gasteiger partial charge in [0, 0.05) is 31.0 Å². The number of nitrogens with zero attached hydrogens (tertiary/aromatic N) is 4. The number of aliphatic hydroxyl groups is 1. The number of aromatic nitrogens is 4. The number of aromatic amines is 1.